The molecular weight excluding hydrogens is 596 g/mol. The number of likely N-dealkylation sites (N-methyl/N-ethyl adjacent to an activating group) is 1. The van der Waals surface area contributed by atoms with Gasteiger partial charge < -0.3 is 10.2 Å². The highest BCUT2D eigenvalue weighted by atomic mass is 127. The van der Waals surface area contributed by atoms with Gasteiger partial charge in [0.25, 0.3) is 10.0 Å². The number of halogens is 2. The number of carbonyl (C=O) groups excluding carboxylic acids is 2. The molecule has 0 saturated carbocycles. The molecule has 0 aromatic heterocycles. The molecule has 2 amide bonds. The van der Waals surface area contributed by atoms with Gasteiger partial charge in [-0.1, -0.05) is 30.3 Å². The molecular formula is C26H27FIN3O4S. The van der Waals surface area contributed by atoms with Crippen LogP contribution in [0, 0.1) is 9.39 Å². The van der Waals surface area contributed by atoms with Gasteiger partial charge in [-0.15, -0.1) is 0 Å². The molecule has 0 fully saturated rings. The highest BCUT2D eigenvalue weighted by Crippen LogP contribution is 2.25. The molecule has 36 heavy (non-hydrogen) atoms. The zero-order chi connectivity index (χ0) is 26.3. The lowest BCUT2D eigenvalue weighted by Gasteiger charge is -2.32. The summed E-state index contributed by atoms with van der Waals surface area (Å²) in [6.07, 6.45) is 0. The standard InChI is InChI=1S/C26H27FIN3O4S/c1-3-29-26(33)19(2)30(17-20-9-11-21(27)12-10-20)25(32)18-31(23-15-13-22(28)14-16-23)36(34,35)24-7-5-4-6-8-24/h4-16,19H,3,17-18H2,1-2H3,(H,29,33). The molecule has 1 atom stereocenters. The lowest BCUT2D eigenvalue weighted by molar-refractivity contribution is -0.139. The van der Waals surface area contributed by atoms with Gasteiger partial charge >= 0.3 is 0 Å². The third-order valence-electron chi connectivity index (χ3n) is 5.51. The molecule has 0 radical (unpaired) electrons. The number of anilines is 1. The van der Waals surface area contributed by atoms with Crippen LogP contribution in [0.25, 0.3) is 0 Å². The molecule has 0 aliphatic rings. The first kappa shape index (κ1) is 27.6. The van der Waals surface area contributed by atoms with Crippen LogP contribution in [0.3, 0.4) is 0 Å². The van der Waals surface area contributed by atoms with E-state index < -0.39 is 34.3 Å². The van der Waals surface area contributed by atoms with E-state index in [0.29, 0.717) is 17.8 Å². The quantitative estimate of drug-likeness (QED) is 0.344. The molecule has 0 saturated heterocycles. The maximum absolute atomic E-state index is 13.7. The Labute approximate surface area is 224 Å². The first-order chi connectivity index (χ1) is 17.1. The third kappa shape index (κ3) is 6.82. The average molecular weight is 623 g/mol. The lowest BCUT2D eigenvalue weighted by Crippen LogP contribution is -2.51. The van der Waals surface area contributed by atoms with E-state index in [1.54, 1.807) is 56.3 Å². The van der Waals surface area contributed by atoms with Crippen LogP contribution in [0.2, 0.25) is 0 Å². The van der Waals surface area contributed by atoms with Crippen LogP contribution < -0.4 is 9.62 Å². The van der Waals surface area contributed by atoms with Crippen molar-refractivity contribution in [1.82, 2.24) is 10.2 Å². The second-order valence-electron chi connectivity index (χ2n) is 8.02. The average Bonchev–Trinajstić information content (AvgIpc) is 2.87. The molecule has 3 aromatic rings. The molecule has 0 spiro atoms. The van der Waals surface area contributed by atoms with E-state index >= 15 is 0 Å². The summed E-state index contributed by atoms with van der Waals surface area (Å²) in [6.45, 7) is 3.19. The minimum absolute atomic E-state index is 0.00330. The van der Waals surface area contributed by atoms with Gasteiger partial charge in [-0.3, -0.25) is 13.9 Å². The van der Waals surface area contributed by atoms with Gasteiger partial charge in [0.1, 0.15) is 18.4 Å². The molecule has 0 heterocycles. The Kier molecular flexibility index (Phi) is 9.43. The monoisotopic (exact) mass is 623 g/mol. The number of hydrogen-bond acceptors (Lipinski definition) is 4. The van der Waals surface area contributed by atoms with Crippen LogP contribution in [0.4, 0.5) is 10.1 Å². The highest BCUT2D eigenvalue weighted by molar-refractivity contribution is 14.1. The number of hydrogen-bond donors (Lipinski definition) is 1. The van der Waals surface area contributed by atoms with Gasteiger partial charge in [0, 0.05) is 16.7 Å². The van der Waals surface area contributed by atoms with Crippen LogP contribution in [0.15, 0.2) is 83.8 Å². The van der Waals surface area contributed by atoms with Gasteiger partial charge in [0.2, 0.25) is 11.8 Å². The van der Waals surface area contributed by atoms with Crippen molar-refractivity contribution in [2.24, 2.45) is 0 Å². The van der Waals surface area contributed by atoms with Crippen LogP contribution >= 0.6 is 22.6 Å². The van der Waals surface area contributed by atoms with Crippen molar-refractivity contribution in [3.05, 3.63) is 93.8 Å². The molecule has 3 rings (SSSR count). The van der Waals surface area contributed by atoms with Crippen LogP contribution in [-0.4, -0.2) is 44.3 Å². The topological polar surface area (TPSA) is 86.8 Å². The molecule has 0 aliphatic heterocycles. The Bertz CT molecular complexity index is 1290. The van der Waals surface area contributed by atoms with Crippen molar-refractivity contribution in [1.29, 1.82) is 0 Å². The maximum atomic E-state index is 13.7. The zero-order valence-electron chi connectivity index (χ0n) is 19.9. The fraction of sp³-hybridized carbons (Fsp3) is 0.231. The minimum atomic E-state index is -4.10. The summed E-state index contributed by atoms with van der Waals surface area (Å²) in [5.41, 5.74) is 0.924. The Morgan fingerprint density at radius 2 is 1.58 bits per heavy atom. The lowest BCUT2D eigenvalue weighted by atomic mass is 10.1. The molecule has 1 unspecified atom stereocenters. The molecule has 7 nitrogen and oxygen atoms in total. The fourth-order valence-corrected chi connectivity index (χ4v) is 5.34. The van der Waals surface area contributed by atoms with Crippen molar-refractivity contribution in [2.45, 2.75) is 31.3 Å². The van der Waals surface area contributed by atoms with Gasteiger partial charge in [-0.05, 0) is 90.5 Å². The summed E-state index contributed by atoms with van der Waals surface area (Å²) < 4.78 is 42.6. The van der Waals surface area contributed by atoms with E-state index in [4.69, 9.17) is 0 Å². The first-order valence-corrected chi connectivity index (χ1v) is 13.8. The Morgan fingerprint density at radius 3 is 2.17 bits per heavy atom. The molecule has 1 N–H and O–H groups in total. The Balaban J connectivity index is 2.00. The third-order valence-corrected chi connectivity index (χ3v) is 8.02. The van der Waals surface area contributed by atoms with E-state index in [2.05, 4.69) is 27.9 Å². The molecule has 3 aromatic carbocycles. The van der Waals surface area contributed by atoms with E-state index in [-0.39, 0.29) is 17.3 Å². The van der Waals surface area contributed by atoms with Crippen molar-refractivity contribution in [3.8, 4) is 0 Å². The van der Waals surface area contributed by atoms with E-state index in [1.807, 2.05) is 0 Å². The summed E-state index contributed by atoms with van der Waals surface area (Å²) in [5, 5.41) is 2.70. The second-order valence-corrected chi connectivity index (χ2v) is 11.1. The predicted molar refractivity (Wildman–Crippen MR) is 145 cm³/mol. The number of carbonyl (C=O) groups is 2. The van der Waals surface area contributed by atoms with Crippen LogP contribution in [0.1, 0.15) is 19.4 Å². The summed E-state index contributed by atoms with van der Waals surface area (Å²) in [6, 6.07) is 19.3. The number of amides is 2. The van der Waals surface area contributed by atoms with Gasteiger partial charge in [-0.25, -0.2) is 12.8 Å². The van der Waals surface area contributed by atoms with Crippen molar-refractivity contribution in [2.75, 3.05) is 17.4 Å². The Morgan fingerprint density at radius 1 is 0.972 bits per heavy atom. The first-order valence-electron chi connectivity index (χ1n) is 11.3. The van der Waals surface area contributed by atoms with Gasteiger partial charge in [0.15, 0.2) is 0 Å². The number of rotatable bonds is 10. The summed E-state index contributed by atoms with van der Waals surface area (Å²) in [5.74, 6) is -1.37. The molecule has 10 heteroatoms. The SMILES string of the molecule is CCNC(=O)C(C)N(Cc1ccc(F)cc1)C(=O)CN(c1ccc(I)cc1)S(=O)(=O)c1ccccc1. The highest BCUT2D eigenvalue weighted by Gasteiger charge is 2.32. The maximum Gasteiger partial charge on any atom is 0.264 e. The van der Waals surface area contributed by atoms with Crippen LogP contribution in [0.5, 0.6) is 0 Å². The van der Waals surface area contributed by atoms with E-state index in [0.717, 1.165) is 7.88 Å². The number of nitrogens with zero attached hydrogens (tertiary/aromatic N) is 2. The van der Waals surface area contributed by atoms with Gasteiger partial charge in [-0.2, -0.15) is 0 Å². The zero-order valence-corrected chi connectivity index (χ0v) is 22.9. The normalized spacial score (nSPS) is 12.0. The number of nitrogens with one attached hydrogen (secondary N) is 1. The van der Waals surface area contributed by atoms with Gasteiger partial charge in [0.05, 0.1) is 10.6 Å². The molecule has 0 aliphatic carbocycles. The number of sulfonamides is 1. The Hall–Kier alpha value is -2.99. The summed E-state index contributed by atoms with van der Waals surface area (Å²) in [4.78, 5) is 27.6. The van der Waals surface area contributed by atoms with Crippen LogP contribution in [-0.2, 0) is 26.2 Å². The molecule has 0 bridgehead atoms. The predicted octanol–water partition coefficient (Wildman–Crippen LogP) is 4.18. The summed E-state index contributed by atoms with van der Waals surface area (Å²) >= 11 is 2.11. The second kappa shape index (κ2) is 12.3. The smallest absolute Gasteiger partial charge is 0.264 e. The van der Waals surface area contributed by atoms with E-state index in [9.17, 15) is 22.4 Å². The summed E-state index contributed by atoms with van der Waals surface area (Å²) in [7, 11) is -4.10. The van der Waals surface area contributed by atoms with Crippen molar-refractivity contribution in [3.63, 3.8) is 0 Å². The minimum Gasteiger partial charge on any atom is -0.355 e. The van der Waals surface area contributed by atoms with E-state index in [1.165, 1.54) is 41.3 Å². The largest absolute Gasteiger partial charge is 0.355 e. The number of benzene rings is 3. The van der Waals surface area contributed by atoms with Crippen molar-refractivity contribution >= 4 is 50.1 Å². The van der Waals surface area contributed by atoms with Crippen molar-refractivity contribution < 1.29 is 22.4 Å². The fourth-order valence-electron chi connectivity index (χ4n) is 3.55. The molecule has 190 valence electrons.